The molecule has 4 saturated carbocycles. The second-order valence-corrected chi connectivity index (χ2v) is 26.2. The Morgan fingerprint density at radius 3 is 1.80 bits per heavy atom. The van der Waals surface area contributed by atoms with Crippen LogP contribution in [-0.4, -0.2) is 243 Å². The van der Waals surface area contributed by atoms with Crippen LogP contribution in [0.25, 0.3) is 0 Å². The number of carboxylic acids is 1. The normalized spacial score (nSPS) is 54.5. The smallest absolute Gasteiger partial charge is 0.315 e. The highest BCUT2D eigenvalue weighted by molar-refractivity contribution is 5.79. The lowest BCUT2D eigenvalue weighted by molar-refractivity contribution is -0.374. The first-order valence-corrected chi connectivity index (χ1v) is 27.9. The first kappa shape index (κ1) is 61.4. The summed E-state index contributed by atoms with van der Waals surface area (Å²) in [5.41, 5.74) is -3.51. The first-order valence-electron chi connectivity index (χ1n) is 27.9. The lowest BCUT2D eigenvalue weighted by Gasteiger charge is -2.71. The van der Waals surface area contributed by atoms with E-state index in [0.29, 0.717) is 51.4 Å². The molecule has 0 spiro atoms. The van der Waals surface area contributed by atoms with E-state index in [1.807, 2.05) is 0 Å². The van der Waals surface area contributed by atoms with Gasteiger partial charge in [0.25, 0.3) is 0 Å². The minimum Gasteiger partial charge on any atom is -0.481 e. The molecule has 25 nitrogen and oxygen atoms in total. The molecule has 0 aromatic carbocycles. The van der Waals surface area contributed by atoms with Crippen molar-refractivity contribution in [1.82, 2.24) is 0 Å². The van der Waals surface area contributed by atoms with Gasteiger partial charge in [-0.2, -0.15) is 0 Å². The Kier molecular flexibility index (Phi) is 17.1. The van der Waals surface area contributed by atoms with E-state index in [-0.39, 0.29) is 23.7 Å². The van der Waals surface area contributed by atoms with Gasteiger partial charge in [0.2, 0.25) is 6.29 Å². The Hall–Kier alpha value is -2.16. The summed E-state index contributed by atoms with van der Waals surface area (Å²) in [6.07, 6.45) is -31.3. The third-order valence-corrected chi connectivity index (χ3v) is 21.5. The highest BCUT2D eigenvalue weighted by Gasteiger charge is 2.72. The quantitative estimate of drug-likeness (QED) is 0.0685. The van der Waals surface area contributed by atoms with Crippen LogP contribution in [0.3, 0.4) is 0 Å². The van der Waals surface area contributed by atoms with Crippen molar-refractivity contribution in [2.45, 2.75) is 241 Å². The van der Waals surface area contributed by atoms with Gasteiger partial charge in [-0.1, -0.05) is 46.3 Å². The molecule has 30 atom stereocenters. The van der Waals surface area contributed by atoms with Gasteiger partial charge in [0.1, 0.15) is 85.5 Å². The molecule has 0 unspecified atom stereocenters. The van der Waals surface area contributed by atoms with Crippen LogP contribution in [0.15, 0.2) is 11.6 Å². The van der Waals surface area contributed by atoms with Gasteiger partial charge >= 0.3 is 11.9 Å². The van der Waals surface area contributed by atoms with Crippen LogP contribution in [0.4, 0.5) is 0 Å². The summed E-state index contributed by atoms with van der Waals surface area (Å²) in [4.78, 5) is 28.3. The van der Waals surface area contributed by atoms with Gasteiger partial charge in [0.15, 0.2) is 25.0 Å². The van der Waals surface area contributed by atoms with Crippen molar-refractivity contribution in [3.8, 4) is 0 Å². The fourth-order valence-electron chi connectivity index (χ4n) is 16.4. The molecule has 15 N–H and O–H groups in total. The van der Waals surface area contributed by atoms with Crippen molar-refractivity contribution >= 4 is 11.9 Å². The van der Waals surface area contributed by atoms with Gasteiger partial charge in [-0.15, -0.1) is 0 Å². The summed E-state index contributed by atoms with van der Waals surface area (Å²) in [5, 5.41) is 163. The van der Waals surface area contributed by atoms with Gasteiger partial charge < -0.3 is 114 Å². The third-order valence-electron chi connectivity index (χ3n) is 21.5. The molecule has 0 bridgehead atoms. The van der Waals surface area contributed by atoms with E-state index in [1.165, 1.54) is 6.92 Å². The summed E-state index contributed by atoms with van der Waals surface area (Å²) < 4.78 is 46.7. The predicted molar refractivity (Wildman–Crippen MR) is 265 cm³/mol. The van der Waals surface area contributed by atoms with Crippen LogP contribution in [0.2, 0.25) is 0 Å². The predicted octanol–water partition coefficient (Wildman–Crippen LogP) is -2.97. The Balaban J connectivity index is 0.929. The van der Waals surface area contributed by atoms with Crippen molar-refractivity contribution in [2.75, 3.05) is 19.8 Å². The first-order chi connectivity index (χ1) is 36.9. The van der Waals surface area contributed by atoms with E-state index in [0.717, 1.165) is 5.57 Å². The Bertz CT molecular complexity index is 2240. The molecular weight excluding hydrogens is 1050 g/mol. The SMILES string of the molecule is C[C@@H]1O[C@@H](O[C@H]2[C@H](O)[C@@H](O)[C@H](OC[C@H]3O[C@@H](O[C@H]4[C@H](OC(=O)[C@]56CCC(C)(C)C[C@H]5C5=CC[C@@H]7[C@@]8(C)C[C@H](O)[C@H](O)[C@@](C)(C(=O)O)[C@@H]8CC[C@@]7(C)[C@]5(C)CC6)O[C@H](CO)[C@@H](O)[C@@H]4O)[C@H](O)[C@@H](O)[C@@H]3O)O[C@@H]2CO)[C@H](O)[C@H](O)[C@H]1O. The van der Waals surface area contributed by atoms with Crippen LogP contribution in [0.5, 0.6) is 0 Å². The minimum atomic E-state index is -2.07. The average Bonchev–Trinajstić information content (AvgIpc) is 2.66. The fraction of sp³-hybridized carbons (Fsp3) is 0.926. The van der Waals surface area contributed by atoms with E-state index in [9.17, 15) is 81.4 Å². The van der Waals surface area contributed by atoms with Crippen molar-refractivity contribution < 1.29 is 124 Å². The summed E-state index contributed by atoms with van der Waals surface area (Å²) in [6, 6.07) is 0. The molecule has 4 heterocycles. The van der Waals surface area contributed by atoms with E-state index < -0.39 is 200 Å². The van der Waals surface area contributed by atoms with Gasteiger partial charge in [0.05, 0.1) is 49.0 Å². The number of ether oxygens (including phenoxy) is 8. The lowest BCUT2D eigenvalue weighted by Crippen LogP contribution is -2.69. The molecule has 452 valence electrons. The molecular formula is C54H86O25. The van der Waals surface area contributed by atoms with Crippen LogP contribution in [0, 0.1) is 50.2 Å². The zero-order valence-corrected chi connectivity index (χ0v) is 45.8. The van der Waals surface area contributed by atoms with E-state index >= 15 is 4.79 Å². The zero-order valence-electron chi connectivity index (χ0n) is 45.8. The average molecular weight is 1140 g/mol. The number of hydrogen-bond donors (Lipinski definition) is 15. The lowest BCUT2D eigenvalue weighted by atomic mass is 9.33. The van der Waals surface area contributed by atoms with Gasteiger partial charge in [-0.05, 0) is 111 Å². The highest BCUT2D eigenvalue weighted by Crippen LogP contribution is 2.76. The Morgan fingerprint density at radius 2 is 1.15 bits per heavy atom. The van der Waals surface area contributed by atoms with Crippen LogP contribution < -0.4 is 0 Å². The fourth-order valence-corrected chi connectivity index (χ4v) is 16.4. The van der Waals surface area contributed by atoms with E-state index in [1.54, 1.807) is 6.92 Å². The van der Waals surface area contributed by atoms with E-state index in [2.05, 4.69) is 40.7 Å². The number of carbonyl (C=O) groups is 2. The maximum atomic E-state index is 15.4. The van der Waals surface area contributed by atoms with Gasteiger partial charge in [0, 0.05) is 0 Å². The topological polar surface area (TPSA) is 411 Å². The monoisotopic (exact) mass is 1130 g/mol. The molecule has 25 heteroatoms. The summed E-state index contributed by atoms with van der Waals surface area (Å²) in [5.74, 6) is -2.75. The van der Waals surface area contributed by atoms with Crippen molar-refractivity contribution in [2.24, 2.45) is 50.2 Å². The molecule has 9 rings (SSSR count). The van der Waals surface area contributed by atoms with Crippen molar-refractivity contribution in [1.29, 1.82) is 0 Å². The van der Waals surface area contributed by atoms with Gasteiger partial charge in [-0.25, -0.2) is 0 Å². The molecule has 5 aliphatic carbocycles. The molecule has 79 heavy (non-hydrogen) atoms. The number of aliphatic hydroxyl groups is 14. The second kappa shape index (κ2) is 22.0. The zero-order chi connectivity index (χ0) is 58.0. The third kappa shape index (κ3) is 9.85. The molecule has 8 fully saturated rings. The Morgan fingerprint density at radius 1 is 0.595 bits per heavy atom. The molecule has 0 aromatic heterocycles. The number of fused-ring (bicyclic) bond motifs is 7. The molecule has 4 saturated heterocycles. The van der Waals surface area contributed by atoms with Gasteiger partial charge in [-0.3, -0.25) is 9.59 Å². The largest absolute Gasteiger partial charge is 0.481 e. The maximum Gasteiger partial charge on any atom is 0.315 e. The summed E-state index contributed by atoms with van der Waals surface area (Å²) in [6.45, 7) is 11.3. The summed E-state index contributed by atoms with van der Waals surface area (Å²) >= 11 is 0. The number of aliphatic hydroxyl groups excluding tert-OH is 14. The Labute approximate surface area is 457 Å². The molecule has 0 amide bonds. The van der Waals surface area contributed by atoms with Crippen LogP contribution in [-0.2, 0) is 47.5 Å². The highest BCUT2D eigenvalue weighted by atomic mass is 16.8. The van der Waals surface area contributed by atoms with Crippen molar-refractivity contribution in [3.63, 3.8) is 0 Å². The minimum absolute atomic E-state index is 0.0894. The maximum absolute atomic E-state index is 15.4. The molecule has 9 aliphatic rings. The number of carbonyl (C=O) groups excluding carboxylic acids is 1. The standard InChI is InChI=1S/C54H86O25/c1-21-30(58)33(61)37(65)44(73-21)77-40-26(19-56)75-43(39(67)36(40)64)72-20-27-32(60)34(62)38(66)45(76-27)78-41-35(63)31(59)25(18-55)74-46(41)79-48(71)54-14-12-49(2,3)16-23(54)22-8-9-28-50(4)17-24(57)42(68)53(7,47(69)70)29(50)10-11-52(28,6)51(22,5)13-15-54/h8,21,23-46,55-68H,9-20H2,1-7H3,(H,69,70)/t21-,23-,24-,25+,26+,27+,28+,29+,30-,31+,32+,33+,34-,35-,36+,37+,38+,39+,40+,41+,42-,43+,44-,45-,46-,50+,51+,52+,53-,54-/m0/s1. The number of carboxylic acid groups (broad SMARTS) is 1. The number of esters is 1. The van der Waals surface area contributed by atoms with Crippen LogP contribution >= 0.6 is 0 Å². The summed E-state index contributed by atoms with van der Waals surface area (Å²) in [7, 11) is 0. The molecule has 0 aromatic rings. The number of rotatable bonds is 12. The van der Waals surface area contributed by atoms with E-state index in [4.69, 9.17) is 37.9 Å². The molecule has 4 aliphatic heterocycles. The molecule has 0 radical (unpaired) electrons. The number of allylic oxidation sites excluding steroid dienone is 2. The number of hydrogen-bond acceptors (Lipinski definition) is 24. The number of aliphatic carboxylic acids is 1. The van der Waals surface area contributed by atoms with Crippen LogP contribution in [0.1, 0.15) is 106 Å². The van der Waals surface area contributed by atoms with Crippen molar-refractivity contribution in [3.05, 3.63) is 11.6 Å². The second-order valence-electron chi connectivity index (χ2n) is 26.2.